The Bertz CT molecular complexity index is 820. The highest BCUT2D eigenvalue weighted by molar-refractivity contribution is 7.99. The van der Waals surface area contributed by atoms with Crippen molar-refractivity contribution in [1.82, 2.24) is 15.6 Å². The summed E-state index contributed by atoms with van der Waals surface area (Å²) in [5.41, 5.74) is 0.642. The predicted octanol–water partition coefficient (Wildman–Crippen LogP) is 2.41. The minimum Gasteiger partial charge on any atom is -0.437 e. The fraction of sp³-hybridized carbons (Fsp3) is 0.389. The van der Waals surface area contributed by atoms with Crippen molar-refractivity contribution in [3.63, 3.8) is 0 Å². The van der Waals surface area contributed by atoms with Crippen LogP contribution in [0.5, 0.6) is 0 Å². The maximum atomic E-state index is 12.4. The molecule has 2 amide bonds. The second kappa shape index (κ2) is 7.13. The van der Waals surface area contributed by atoms with Crippen LogP contribution in [0.25, 0.3) is 0 Å². The molecule has 3 heterocycles. The van der Waals surface area contributed by atoms with Gasteiger partial charge in [0, 0.05) is 35.5 Å². The monoisotopic (exact) mass is 372 g/mol. The van der Waals surface area contributed by atoms with Crippen LogP contribution < -0.4 is 16.0 Å². The van der Waals surface area contributed by atoms with Crippen LogP contribution in [0.15, 0.2) is 45.1 Å². The molecule has 136 valence electrons. The maximum Gasteiger partial charge on any atom is 0.262 e. The largest absolute Gasteiger partial charge is 0.437 e. The lowest BCUT2D eigenvalue weighted by Gasteiger charge is -2.21. The van der Waals surface area contributed by atoms with Crippen LogP contribution in [0.3, 0.4) is 0 Å². The number of hydrogen-bond acceptors (Lipinski definition) is 6. The summed E-state index contributed by atoms with van der Waals surface area (Å²) in [4.78, 5) is 28.5. The summed E-state index contributed by atoms with van der Waals surface area (Å²) in [5, 5.41) is 9.66. The molecule has 4 rings (SSSR count). The molecular formula is C18H20N4O3S. The van der Waals surface area contributed by atoms with Crippen molar-refractivity contribution in [3.8, 4) is 0 Å². The summed E-state index contributed by atoms with van der Waals surface area (Å²) < 4.78 is 5.31. The summed E-state index contributed by atoms with van der Waals surface area (Å²) >= 11 is 1.33. The van der Waals surface area contributed by atoms with Gasteiger partial charge in [-0.1, -0.05) is 0 Å². The molecule has 2 aliphatic rings. The molecule has 3 unspecified atom stereocenters. The summed E-state index contributed by atoms with van der Waals surface area (Å²) in [6.45, 7) is 1.41. The molecule has 0 radical (unpaired) electrons. The Labute approximate surface area is 155 Å². The zero-order valence-corrected chi connectivity index (χ0v) is 15.1. The van der Waals surface area contributed by atoms with Gasteiger partial charge in [-0.3, -0.25) is 9.59 Å². The van der Waals surface area contributed by atoms with Gasteiger partial charge in [-0.2, -0.15) is 4.98 Å². The third kappa shape index (κ3) is 3.76. The van der Waals surface area contributed by atoms with Crippen molar-refractivity contribution in [1.29, 1.82) is 0 Å². The fourth-order valence-electron chi connectivity index (χ4n) is 3.55. The summed E-state index contributed by atoms with van der Waals surface area (Å²) in [6, 6.07) is 8.54. The Morgan fingerprint density at radius 1 is 1.27 bits per heavy atom. The number of carbonyl (C=O) groups is 2. The standard InChI is InChI=1S/C18H20N4O3S/c1-10(23)19-16-9-25-18(22-16)26-13-5-2-11(3-6-13)17(24)21-15-8-12-4-7-14(15)20-12/h2-3,5-6,9,12,14-15,20H,4,7-8H2,1H3,(H,19,23)(H,21,24). The van der Waals surface area contributed by atoms with Gasteiger partial charge >= 0.3 is 0 Å². The number of aromatic nitrogens is 1. The second-order valence-corrected chi connectivity index (χ2v) is 7.69. The van der Waals surface area contributed by atoms with E-state index in [0.29, 0.717) is 28.7 Å². The molecule has 26 heavy (non-hydrogen) atoms. The van der Waals surface area contributed by atoms with Crippen molar-refractivity contribution >= 4 is 29.4 Å². The Balaban J connectivity index is 1.35. The maximum absolute atomic E-state index is 12.4. The summed E-state index contributed by atoms with van der Waals surface area (Å²) in [7, 11) is 0. The van der Waals surface area contributed by atoms with Crippen LogP contribution in [0.1, 0.15) is 36.5 Å². The van der Waals surface area contributed by atoms with Crippen LogP contribution in [0.4, 0.5) is 5.82 Å². The summed E-state index contributed by atoms with van der Waals surface area (Å²) in [5.74, 6) is 0.149. The lowest BCUT2D eigenvalue weighted by atomic mass is 9.95. The first kappa shape index (κ1) is 17.1. The third-order valence-electron chi connectivity index (χ3n) is 4.73. The van der Waals surface area contributed by atoms with E-state index >= 15 is 0 Å². The number of nitrogens with zero attached hydrogens (tertiary/aromatic N) is 1. The van der Waals surface area contributed by atoms with Crippen LogP contribution >= 0.6 is 11.8 Å². The smallest absolute Gasteiger partial charge is 0.262 e. The molecule has 1 aromatic heterocycles. The highest BCUT2D eigenvalue weighted by atomic mass is 32.2. The number of oxazole rings is 1. The van der Waals surface area contributed by atoms with Crippen LogP contribution in [-0.4, -0.2) is 34.9 Å². The average molecular weight is 372 g/mol. The number of hydrogen-bond donors (Lipinski definition) is 3. The second-order valence-electron chi connectivity index (χ2n) is 6.67. The SMILES string of the molecule is CC(=O)Nc1coc(Sc2ccc(C(=O)NC3CC4CCC3N4)cc2)n1. The van der Waals surface area contributed by atoms with E-state index in [1.165, 1.54) is 31.4 Å². The Morgan fingerprint density at radius 3 is 2.73 bits per heavy atom. The van der Waals surface area contributed by atoms with Gasteiger partial charge in [0.2, 0.25) is 5.91 Å². The van der Waals surface area contributed by atoms with Crippen LogP contribution in [-0.2, 0) is 4.79 Å². The van der Waals surface area contributed by atoms with E-state index in [0.717, 1.165) is 17.7 Å². The normalized spacial score (nSPS) is 23.8. The van der Waals surface area contributed by atoms with Crippen molar-refractivity contribution in [2.45, 2.75) is 54.4 Å². The van der Waals surface area contributed by atoms with E-state index in [1.807, 2.05) is 12.1 Å². The van der Waals surface area contributed by atoms with Crippen molar-refractivity contribution in [2.75, 3.05) is 5.32 Å². The van der Waals surface area contributed by atoms with Crippen molar-refractivity contribution < 1.29 is 14.0 Å². The predicted molar refractivity (Wildman–Crippen MR) is 97.2 cm³/mol. The van der Waals surface area contributed by atoms with Gasteiger partial charge < -0.3 is 20.4 Å². The first-order valence-electron chi connectivity index (χ1n) is 8.65. The lowest BCUT2D eigenvalue weighted by Crippen LogP contribution is -2.42. The molecule has 0 aliphatic carbocycles. The molecule has 3 atom stereocenters. The molecule has 0 spiro atoms. The van der Waals surface area contributed by atoms with Crippen LogP contribution in [0, 0.1) is 0 Å². The van der Waals surface area contributed by atoms with E-state index in [1.54, 1.807) is 12.1 Å². The van der Waals surface area contributed by atoms with E-state index in [9.17, 15) is 9.59 Å². The fourth-order valence-corrected chi connectivity index (χ4v) is 4.27. The number of amides is 2. The lowest BCUT2D eigenvalue weighted by molar-refractivity contribution is -0.114. The molecule has 0 saturated carbocycles. The molecular weight excluding hydrogens is 352 g/mol. The van der Waals surface area contributed by atoms with Gasteiger partial charge in [-0.25, -0.2) is 0 Å². The number of rotatable bonds is 5. The number of benzene rings is 1. The molecule has 3 N–H and O–H groups in total. The third-order valence-corrected chi connectivity index (χ3v) is 5.60. The van der Waals surface area contributed by atoms with Gasteiger partial charge in [0.1, 0.15) is 6.26 Å². The first-order valence-corrected chi connectivity index (χ1v) is 9.46. The first-order chi connectivity index (χ1) is 12.6. The minimum atomic E-state index is -0.198. The average Bonchev–Trinajstić information content (AvgIpc) is 3.32. The highest BCUT2D eigenvalue weighted by Gasteiger charge is 2.39. The molecule has 8 heteroatoms. The number of nitrogens with one attached hydrogen (secondary N) is 3. The van der Waals surface area contributed by atoms with Gasteiger partial charge in [0.15, 0.2) is 5.82 Å². The zero-order chi connectivity index (χ0) is 18.1. The van der Waals surface area contributed by atoms with Crippen molar-refractivity contribution in [3.05, 3.63) is 36.1 Å². The molecule has 2 bridgehead atoms. The van der Waals surface area contributed by atoms with Crippen molar-refractivity contribution in [2.24, 2.45) is 0 Å². The Kier molecular flexibility index (Phi) is 4.69. The Morgan fingerprint density at radius 2 is 2.08 bits per heavy atom. The van der Waals surface area contributed by atoms with E-state index in [2.05, 4.69) is 20.9 Å². The quantitative estimate of drug-likeness (QED) is 0.746. The number of fused-ring (bicyclic) bond motifs is 2. The van der Waals surface area contributed by atoms with Gasteiger partial charge in [0.25, 0.3) is 11.1 Å². The molecule has 2 saturated heterocycles. The molecule has 2 aromatic rings. The zero-order valence-electron chi connectivity index (χ0n) is 14.3. The van der Waals surface area contributed by atoms with E-state index in [-0.39, 0.29) is 17.9 Å². The molecule has 2 aliphatic heterocycles. The van der Waals surface area contributed by atoms with Gasteiger partial charge in [0.05, 0.1) is 0 Å². The summed E-state index contributed by atoms with van der Waals surface area (Å²) in [6.07, 6.45) is 4.77. The minimum absolute atomic E-state index is 0.0371. The molecule has 2 fully saturated rings. The molecule has 7 nitrogen and oxygen atoms in total. The van der Waals surface area contributed by atoms with E-state index < -0.39 is 0 Å². The van der Waals surface area contributed by atoms with E-state index in [4.69, 9.17) is 4.42 Å². The number of carbonyl (C=O) groups excluding carboxylic acids is 2. The topological polar surface area (TPSA) is 96.3 Å². The van der Waals surface area contributed by atoms with Crippen LogP contribution in [0.2, 0.25) is 0 Å². The van der Waals surface area contributed by atoms with Gasteiger partial charge in [-0.05, 0) is 55.3 Å². The Hall–Kier alpha value is -2.32. The molecule has 1 aromatic carbocycles. The highest BCUT2D eigenvalue weighted by Crippen LogP contribution is 2.29. The van der Waals surface area contributed by atoms with Gasteiger partial charge in [-0.15, -0.1) is 0 Å². The number of anilines is 1.